The summed E-state index contributed by atoms with van der Waals surface area (Å²) >= 11 is 0. The van der Waals surface area contributed by atoms with E-state index in [9.17, 15) is 14.4 Å². The number of nitrogens with one attached hydrogen (secondary N) is 1. The van der Waals surface area contributed by atoms with Crippen molar-refractivity contribution in [2.75, 3.05) is 11.9 Å². The fraction of sp³-hybridized carbons (Fsp3) is 0.125. The van der Waals surface area contributed by atoms with Crippen molar-refractivity contribution >= 4 is 23.3 Å². The second-order valence-corrected chi connectivity index (χ2v) is 4.50. The van der Waals surface area contributed by atoms with Crippen LogP contribution in [-0.2, 0) is 9.53 Å². The summed E-state index contributed by atoms with van der Waals surface area (Å²) in [5.74, 6) is -1.13. The molecular formula is C16H14N2O4. The fourth-order valence-corrected chi connectivity index (χ4v) is 1.68. The van der Waals surface area contributed by atoms with Crippen LogP contribution in [0.2, 0.25) is 0 Å². The third kappa shape index (κ3) is 4.24. The van der Waals surface area contributed by atoms with Crippen molar-refractivity contribution in [1.82, 2.24) is 4.98 Å². The number of benzene rings is 1. The van der Waals surface area contributed by atoms with Gasteiger partial charge in [0.15, 0.2) is 12.4 Å². The Kier molecular flexibility index (Phi) is 4.98. The van der Waals surface area contributed by atoms with Crippen LogP contribution in [0, 0.1) is 0 Å². The Morgan fingerprint density at radius 2 is 1.82 bits per heavy atom. The van der Waals surface area contributed by atoms with Gasteiger partial charge in [0.1, 0.15) is 0 Å². The number of anilines is 1. The highest BCUT2D eigenvalue weighted by molar-refractivity contribution is 5.97. The van der Waals surface area contributed by atoms with Crippen molar-refractivity contribution in [3.8, 4) is 0 Å². The van der Waals surface area contributed by atoms with Gasteiger partial charge in [-0.2, -0.15) is 0 Å². The SMILES string of the molecule is CC(=O)c1ccc(NC(=O)COC(=O)c2cccnc2)cc1. The van der Waals surface area contributed by atoms with Gasteiger partial charge in [-0.3, -0.25) is 14.6 Å². The highest BCUT2D eigenvalue weighted by atomic mass is 16.5. The van der Waals surface area contributed by atoms with E-state index in [0.29, 0.717) is 11.3 Å². The molecule has 0 aliphatic rings. The van der Waals surface area contributed by atoms with Gasteiger partial charge in [0, 0.05) is 23.6 Å². The number of esters is 1. The Hall–Kier alpha value is -3.02. The maximum Gasteiger partial charge on any atom is 0.340 e. The Morgan fingerprint density at radius 3 is 2.41 bits per heavy atom. The molecule has 6 heteroatoms. The summed E-state index contributed by atoms with van der Waals surface area (Å²) < 4.78 is 4.88. The molecule has 0 saturated carbocycles. The van der Waals surface area contributed by atoms with Crippen molar-refractivity contribution < 1.29 is 19.1 Å². The number of nitrogens with zero attached hydrogens (tertiary/aromatic N) is 1. The van der Waals surface area contributed by atoms with E-state index in [0.717, 1.165) is 0 Å². The van der Waals surface area contributed by atoms with Gasteiger partial charge in [0.25, 0.3) is 5.91 Å². The second-order valence-electron chi connectivity index (χ2n) is 4.50. The number of Topliss-reactive ketones (excluding diaryl/α,β-unsaturated/α-hetero) is 1. The average Bonchev–Trinajstić information content (AvgIpc) is 2.54. The molecule has 2 aromatic rings. The largest absolute Gasteiger partial charge is 0.452 e. The summed E-state index contributed by atoms with van der Waals surface area (Å²) in [5.41, 5.74) is 1.36. The zero-order valence-electron chi connectivity index (χ0n) is 11.9. The average molecular weight is 298 g/mol. The van der Waals surface area contributed by atoms with Crippen LogP contribution in [0.1, 0.15) is 27.6 Å². The van der Waals surface area contributed by atoms with Gasteiger partial charge in [0.05, 0.1) is 5.56 Å². The predicted octanol–water partition coefficient (Wildman–Crippen LogP) is 2.08. The van der Waals surface area contributed by atoms with Crippen LogP contribution >= 0.6 is 0 Å². The molecular weight excluding hydrogens is 284 g/mol. The van der Waals surface area contributed by atoms with Crippen molar-refractivity contribution in [2.24, 2.45) is 0 Å². The van der Waals surface area contributed by atoms with E-state index < -0.39 is 18.5 Å². The monoisotopic (exact) mass is 298 g/mol. The van der Waals surface area contributed by atoms with Crippen LogP contribution < -0.4 is 5.32 Å². The number of amides is 1. The number of ketones is 1. The highest BCUT2D eigenvalue weighted by Crippen LogP contribution is 2.10. The molecule has 0 spiro atoms. The lowest BCUT2D eigenvalue weighted by Crippen LogP contribution is -2.21. The van der Waals surface area contributed by atoms with Gasteiger partial charge in [-0.05, 0) is 43.3 Å². The molecule has 0 saturated heterocycles. The second kappa shape index (κ2) is 7.12. The van der Waals surface area contributed by atoms with E-state index in [1.165, 1.54) is 19.3 Å². The van der Waals surface area contributed by atoms with Crippen LogP contribution in [-0.4, -0.2) is 29.3 Å². The molecule has 0 radical (unpaired) electrons. The van der Waals surface area contributed by atoms with E-state index in [1.54, 1.807) is 36.4 Å². The summed E-state index contributed by atoms with van der Waals surface area (Å²) in [6.45, 7) is 1.06. The fourth-order valence-electron chi connectivity index (χ4n) is 1.68. The highest BCUT2D eigenvalue weighted by Gasteiger charge is 2.10. The minimum atomic E-state index is -0.616. The number of hydrogen-bond donors (Lipinski definition) is 1. The summed E-state index contributed by atoms with van der Waals surface area (Å²) in [5, 5.41) is 2.57. The lowest BCUT2D eigenvalue weighted by atomic mass is 10.1. The molecule has 112 valence electrons. The molecule has 0 bridgehead atoms. The van der Waals surface area contributed by atoms with Crippen LogP contribution in [0.5, 0.6) is 0 Å². The van der Waals surface area contributed by atoms with Gasteiger partial charge >= 0.3 is 5.97 Å². The first-order valence-electron chi connectivity index (χ1n) is 6.54. The van der Waals surface area contributed by atoms with Gasteiger partial charge < -0.3 is 10.1 Å². The number of hydrogen-bond acceptors (Lipinski definition) is 5. The van der Waals surface area contributed by atoms with Crippen molar-refractivity contribution in [3.05, 3.63) is 59.9 Å². The minimum absolute atomic E-state index is 0.0525. The first-order chi connectivity index (χ1) is 10.6. The standard InChI is InChI=1S/C16H14N2O4/c1-11(19)12-4-6-14(7-5-12)18-15(20)10-22-16(21)13-3-2-8-17-9-13/h2-9H,10H2,1H3,(H,18,20). The van der Waals surface area contributed by atoms with Gasteiger partial charge in [-0.15, -0.1) is 0 Å². The number of pyridine rings is 1. The molecule has 0 unspecified atom stereocenters. The maximum atomic E-state index is 11.7. The number of ether oxygens (including phenoxy) is 1. The number of carbonyl (C=O) groups is 3. The Bertz CT molecular complexity index is 681. The molecule has 0 aliphatic carbocycles. The molecule has 1 aromatic carbocycles. The third-order valence-corrected chi connectivity index (χ3v) is 2.81. The van der Waals surface area contributed by atoms with Gasteiger partial charge in [0.2, 0.25) is 0 Å². The molecule has 1 heterocycles. The van der Waals surface area contributed by atoms with E-state index in [2.05, 4.69) is 10.3 Å². The van der Waals surface area contributed by atoms with E-state index in [4.69, 9.17) is 4.74 Å². The first-order valence-corrected chi connectivity index (χ1v) is 6.54. The van der Waals surface area contributed by atoms with Crippen molar-refractivity contribution in [1.29, 1.82) is 0 Å². The molecule has 1 amide bonds. The third-order valence-electron chi connectivity index (χ3n) is 2.81. The summed E-state index contributed by atoms with van der Waals surface area (Å²) in [6, 6.07) is 9.59. The van der Waals surface area contributed by atoms with E-state index >= 15 is 0 Å². The quantitative estimate of drug-likeness (QED) is 0.674. The van der Waals surface area contributed by atoms with Crippen LogP contribution in [0.4, 0.5) is 5.69 Å². The molecule has 0 fully saturated rings. The number of rotatable bonds is 5. The Balaban J connectivity index is 1.85. The molecule has 22 heavy (non-hydrogen) atoms. The van der Waals surface area contributed by atoms with Gasteiger partial charge in [-0.1, -0.05) is 0 Å². The molecule has 2 rings (SSSR count). The number of aromatic nitrogens is 1. The number of carbonyl (C=O) groups excluding carboxylic acids is 3. The molecule has 1 N–H and O–H groups in total. The van der Waals surface area contributed by atoms with Crippen LogP contribution in [0.15, 0.2) is 48.8 Å². The first kappa shape index (κ1) is 15.4. The topological polar surface area (TPSA) is 85.4 Å². The molecule has 1 aromatic heterocycles. The predicted molar refractivity (Wildman–Crippen MR) is 79.6 cm³/mol. The Labute approximate surface area is 127 Å². The normalized spacial score (nSPS) is 9.86. The maximum absolute atomic E-state index is 11.7. The zero-order chi connectivity index (χ0) is 15.9. The molecule has 0 aliphatic heterocycles. The summed E-state index contributed by atoms with van der Waals surface area (Å²) in [7, 11) is 0. The molecule has 0 atom stereocenters. The zero-order valence-corrected chi connectivity index (χ0v) is 11.9. The van der Waals surface area contributed by atoms with Crippen LogP contribution in [0.25, 0.3) is 0 Å². The van der Waals surface area contributed by atoms with Crippen molar-refractivity contribution in [2.45, 2.75) is 6.92 Å². The van der Waals surface area contributed by atoms with Crippen LogP contribution in [0.3, 0.4) is 0 Å². The van der Waals surface area contributed by atoms with Crippen molar-refractivity contribution in [3.63, 3.8) is 0 Å². The lowest BCUT2D eigenvalue weighted by Gasteiger charge is -2.07. The minimum Gasteiger partial charge on any atom is -0.452 e. The lowest BCUT2D eigenvalue weighted by molar-refractivity contribution is -0.119. The van der Waals surface area contributed by atoms with Gasteiger partial charge in [-0.25, -0.2) is 4.79 Å². The molecule has 6 nitrogen and oxygen atoms in total. The van der Waals surface area contributed by atoms with E-state index in [1.807, 2.05) is 0 Å². The summed E-state index contributed by atoms with van der Waals surface area (Å²) in [4.78, 5) is 38.3. The summed E-state index contributed by atoms with van der Waals surface area (Å²) in [6.07, 6.45) is 2.90. The Morgan fingerprint density at radius 1 is 1.09 bits per heavy atom. The smallest absolute Gasteiger partial charge is 0.340 e. The van der Waals surface area contributed by atoms with E-state index in [-0.39, 0.29) is 11.3 Å².